The molecule has 13 heavy (non-hydrogen) atoms. The summed E-state index contributed by atoms with van der Waals surface area (Å²) in [6, 6.07) is 0. The standard InChI is InChI=1S/C8H16N2O2.ClH/c1-8(2,3)12-7(11)6-4-10(9)5-6;/h6H,4-5,9H2,1-3H3;1H. The fourth-order valence-corrected chi connectivity index (χ4v) is 1.05. The van der Waals surface area contributed by atoms with Gasteiger partial charge in [0.25, 0.3) is 0 Å². The third-order valence-electron chi connectivity index (χ3n) is 1.65. The molecule has 0 atom stereocenters. The van der Waals surface area contributed by atoms with Crippen LogP contribution in [0.25, 0.3) is 0 Å². The molecule has 1 heterocycles. The number of hydrogen-bond acceptors (Lipinski definition) is 4. The molecule has 0 aromatic rings. The first kappa shape index (κ1) is 12.7. The Hall–Kier alpha value is -0.320. The number of hydrazine groups is 1. The molecule has 1 rings (SSSR count). The van der Waals surface area contributed by atoms with Crippen LogP contribution >= 0.6 is 12.4 Å². The number of esters is 1. The van der Waals surface area contributed by atoms with Gasteiger partial charge < -0.3 is 4.74 Å². The molecule has 0 saturated carbocycles. The molecule has 1 fully saturated rings. The molecule has 4 nitrogen and oxygen atoms in total. The van der Waals surface area contributed by atoms with Crippen molar-refractivity contribution < 1.29 is 9.53 Å². The monoisotopic (exact) mass is 208 g/mol. The normalized spacial score (nSPS) is 18.8. The van der Waals surface area contributed by atoms with E-state index in [0.29, 0.717) is 13.1 Å². The Morgan fingerprint density at radius 2 is 1.92 bits per heavy atom. The van der Waals surface area contributed by atoms with Crippen molar-refractivity contribution in [1.29, 1.82) is 0 Å². The van der Waals surface area contributed by atoms with Crippen LogP contribution in [-0.4, -0.2) is 29.7 Å². The van der Waals surface area contributed by atoms with Crippen LogP contribution in [0.3, 0.4) is 0 Å². The molecule has 1 aliphatic heterocycles. The zero-order valence-electron chi connectivity index (χ0n) is 8.24. The Labute approximate surface area is 84.8 Å². The quantitative estimate of drug-likeness (QED) is 0.505. The van der Waals surface area contributed by atoms with Gasteiger partial charge in [0.05, 0.1) is 5.92 Å². The highest BCUT2D eigenvalue weighted by Crippen LogP contribution is 2.17. The zero-order chi connectivity index (χ0) is 9.35. The number of carbonyl (C=O) groups excluding carboxylic acids is 1. The van der Waals surface area contributed by atoms with Crippen LogP contribution in [0.4, 0.5) is 0 Å². The lowest BCUT2D eigenvalue weighted by atomic mass is 10.0. The van der Waals surface area contributed by atoms with Crippen molar-refractivity contribution in [2.24, 2.45) is 11.8 Å². The molecule has 0 aromatic carbocycles. The van der Waals surface area contributed by atoms with Crippen molar-refractivity contribution in [3.05, 3.63) is 0 Å². The van der Waals surface area contributed by atoms with Gasteiger partial charge in [-0.1, -0.05) is 0 Å². The van der Waals surface area contributed by atoms with Crippen LogP contribution < -0.4 is 5.84 Å². The van der Waals surface area contributed by atoms with Crippen molar-refractivity contribution in [3.8, 4) is 0 Å². The number of halogens is 1. The topological polar surface area (TPSA) is 55.6 Å². The molecule has 1 aliphatic rings. The second kappa shape index (κ2) is 4.26. The van der Waals surface area contributed by atoms with E-state index in [1.165, 1.54) is 0 Å². The summed E-state index contributed by atoms with van der Waals surface area (Å²) in [5, 5.41) is 1.61. The van der Waals surface area contributed by atoms with Gasteiger partial charge in [0.15, 0.2) is 0 Å². The van der Waals surface area contributed by atoms with E-state index >= 15 is 0 Å². The highest BCUT2D eigenvalue weighted by molar-refractivity contribution is 5.85. The van der Waals surface area contributed by atoms with Gasteiger partial charge in [-0.3, -0.25) is 10.6 Å². The number of nitrogens with zero attached hydrogens (tertiary/aromatic N) is 1. The van der Waals surface area contributed by atoms with E-state index in [9.17, 15) is 4.79 Å². The Morgan fingerprint density at radius 3 is 2.23 bits per heavy atom. The molecule has 0 radical (unpaired) electrons. The van der Waals surface area contributed by atoms with E-state index in [2.05, 4.69) is 0 Å². The number of nitrogens with two attached hydrogens (primary N) is 1. The second-order valence-electron chi connectivity index (χ2n) is 4.18. The van der Waals surface area contributed by atoms with Crippen LogP contribution in [0.15, 0.2) is 0 Å². The Bertz CT molecular complexity index is 185. The highest BCUT2D eigenvalue weighted by Gasteiger charge is 2.33. The van der Waals surface area contributed by atoms with Crippen LogP contribution in [0.2, 0.25) is 0 Å². The van der Waals surface area contributed by atoms with Crippen molar-refractivity contribution in [3.63, 3.8) is 0 Å². The number of rotatable bonds is 1. The Kier molecular flexibility index (Phi) is 4.16. The number of carbonyl (C=O) groups is 1. The SMILES string of the molecule is CC(C)(C)OC(=O)C1CN(N)C1.Cl. The maximum absolute atomic E-state index is 11.3. The highest BCUT2D eigenvalue weighted by atomic mass is 35.5. The van der Waals surface area contributed by atoms with E-state index < -0.39 is 0 Å². The van der Waals surface area contributed by atoms with Crippen LogP contribution in [0.5, 0.6) is 0 Å². The lowest BCUT2D eigenvalue weighted by Crippen LogP contribution is -2.55. The summed E-state index contributed by atoms with van der Waals surface area (Å²) in [5.41, 5.74) is -0.383. The van der Waals surface area contributed by atoms with Gasteiger partial charge in [-0.2, -0.15) is 0 Å². The molecule has 2 N–H and O–H groups in total. The van der Waals surface area contributed by atoms with Crippen LogP contribution in [0.1, 0.15) is 20.8 Å². The van der Waals surface area contributed by atoms with E-state index in [0.717, 1.165) is 0 Å². The van der Waals surface area contributed by atoms with Gasteiger partial charge in [0, 0.05) is 13.1 Å². The maximum Gasteiger partial charge on any atom is 0.312 e. The molecule has 78 valence electrons. The molecule has 0 aromatic heterocycles. The van der Waals surface area contributed by atoms with Crippen molar-refractivity contribution in [2.45, 2.75) is 26.4 Å². The van der Waals surface area contributed by atoms with Gasteiger partial charge >= 0.3 is 5.97 Å². The lowest BCUT2D eigenvalue weighted by Gasteiger charge is -2.35. The largest absolute Gasteiger partial charge is 0.460 e. The molecule has 0 aliphatic carbocycles. The molecule has 0 amide bonds. The summed E-state index contributed by atoms with van der Waals surface area (Å²) in [4.78, 5) is 11.3. The third kappa shape index (κ3) is 3.93. The molecular formula is C8H17ClN2O2. The summed E-state index contributed by atoms with van der Waals surface area (Å²) >= 11 is 0. The molecular weight excluding hydrogens is 192 g/mol. The summed E-state index contributed by atoms with van der Waals surface area (Å²) in [5.74, 6) is 5.24. The van der Waals surface area contributed by atoms with Gasteiger partial charge in [-0.15, -0.1) is 12.4 Å². The average molecular weight is 209 g/mol. The van der Waals surface area contributed by atoms with Crippen molar-refractivity contribution >= 4 is 18.4 Å². The van der Waals surface area contributed by atoms with E-state index in [4.69, 9.17) is 10.6 Å². The van der Waals surface area contributed by atoms with Crippen LogP contribution in [-0.2, 0) is 9.53 Å². The Balaban J connectivity index is 0.00000144. The molecule has 1 saturated heterocycles. The Morgan fingerprint density at radius 1 is 1.46 bits per heavy atom. The summed E-state index contributed by atoms with van der Waals surface area (Å²) < 4.78 is 5.17. The zero-order valence-corrected chi connectivity index (χ0v) is 9.06. The van der Waals surface area contributed by atoms with E-state index in [1.54, 1.807) is 5.01 Å². The maximum atomic E-state index is 11.3. The molecule has 0 bridgehead atoms. The van der Waals surface area contributed by atoms with Gasteiger partial charge in [-0.25, -0.2) is 5.01 Å². The first-order chi connectivity index (χ1) is 5.38. The first-order valence-corrected chi connectivity index (χ1v) is 4.11. The van der Waals surface area contributed by atoms with Crippen molar-refractivity contribution in [1.82, 2.24) is 5.01 Å². The van der Waals surface area contributed by atoms with Crippen LogP contribution in [0, 0.1) is 5.92 Å². The average Bonchev–Trinajstić information content (AvgIpc) is 1.76. The van der Waals surface area contributed by atoms with Gasteiger partial charge in [-0.05, 0) is 20.8 Å². The third-order valence-corrected chi connectivity index (χ3v) is 1.65. The summed E-state index contributed by atoms with van der Waals surface area (Å²) in [6.07, 6.45) is 0. The smallest absolute Gasteiger partial charge is 0.312 e. The minimum atomic E-state index is -0.383. The summed E-state index contributed by atoms with van der Waals surface area (Å²) in [7, 11) is 0. The van der Waals surface area contributed by atoms with Crippen molar-refractivity contribution in [2.75, 3.05) is 13.1 Å². The molecule has 5 heteroatoms. The first-order valence-electron chi connectivity index (χ1n) is 4.11. The fourth-order valence-electron chi connectivity index (χ4n) is 1.05. The molecule has 0 spiro atoms. The predicted molar refractivity (Wildman–Crippen MR) is 52.3 cm³/mol. The fraction of sp³-hybridized carbons (Fsp3) is 0.875. The minimum absolute atomic E-state index is 0. The minimum Gasteiger partial charge on any atom is -0.460 e. The molecule has 0 unspecified atom stereocenters. The van der Waals surface area contributed by atoms with Gasteiger partial charge in [0.1, 0.15) is 5.60 Å². The predicted octanol–water partition coefficient (Wildman–Crippen LogP) is 0.555. The second-order valence-corrected chi connectivity index (χ2v) is 4.18. The van der Waals surface area contributed by atoms with E-state index in [1.807, 2.05) is 20.8 Å². The summed E-state index contributed by atoms with van der Waals surface area (Å²) in [6.45, 7) is 6.83. The van der Waals surface area contributed by atoms with Gasteiger partial charge in [0.2, 0.25) is 0 Å². The lowest BCUT2D eigenvalue weighted by molar-refractivity contribution is -0.166. The number of ether oxygens (including phenoxy) is 1. The number of hydrogen-bond donors (Lipinski definition) is 1. The van der Waals surface area contributed by atoms with E-state index in [-0.39, 0.29) is 29.9 Å².